The van der Waals surface area contributed by atoms with Gasteiger partial charge in [-0.25, -0.2) is 4.79 Å². The maximum absolute atomic E-state index is 12.6. The van der Waals surface area contributed by atoms with Crippen LogP contribution in [-0.2, 0) is 9.53 Å². The van der Waals surface area contributed by atoms with Crippen LogP contribution in [0.2, 0.25) is 0 Å². The lowest BCUT2D eigenvalue weighted by Gasteiger charge is -2.46. The number of benzene rings is 2. The van der Waals surface area contributed by atoms with Crippen molar-refractivity contribution in [2.45, 2.75) is 30.2 Å². The molecule has 35 heavy (non-hydrogen) atoms. The van der Waals surface area contributed by atoms with Crippen molar-refractivity contribution >= 4 is 16.9 Å². The fourth-order valence-electron chi connectivity index (χ4n) is 3.73. The zero-order valence-corrected chi connectivity index (χ0v) is 17.6. The average Bonchev–Trinajstić information content (AvgIpc) is 2.82. The van der Waals surface area contributed by atoms with Gasteiger partial charge in [-0.1, -0.05) is 0 Å². The van der Waals surface area contributed by atoms with Crippen molar-refractivity contribution in [3.63, 3.8) is 0 Å². The van der Waals surface area contributed by atoms with Crippen LogP contribution in [0.5, 0.6) is 23.0 Å². The van der Waals surface area contributed by atoms with Gasteiger partial charge in [0.15, 0.2) is 29.1 Å². The van der Waals surface area contributed by atoms with E-state index in [1.807, 2.05) is 0 Å². The molecule has 1 aromatic heterocycles. The second-order valence-corrected chi connectivity index (χ2v) is 7.84. The molecule has 1 fully saturated rings. The predicted octanol–water partition coefficient (Wildman–Crippen LogP) is -0.790. The van der Waals surface area contributed by atoms with Crippen LogP contribution in [0.4, 0.5) is 0 Å². The Labute approximate surface area is 194 Å². The normalized spacial score (nSPS) is 26.5. The van der Waals surface area contributed by atoms with Gasteiger partial charge in [0, 0.05) is 17.7 Å². The number of phenols is 3. The van der Waals surface area contributed by atoms with Crippen molar-refractivity contribution in [1.29, 1.82) is 0 Å². The van der Waals surface area contributed by atoms with Crippen molar-refractivity contribution < 1.29 is 59.5 Å². The van der Waals surface area contributed by atoms with E-state index in [0.29, 0.717) is 5.56 Å². The molecule has 13 nitrogen and oxygen atoms in total. The van der Waals surface area contributed by atoms with E-state index in [-0.39, 0.29) is 17.1 Å². The smallest absolute Gasteiger partial charge is 0.335 e. The van der Waals surface area contributed by atoms with Crippen molar-refractivity contribution in [2.75, 3.05) is 6.61 Å². The number of aromatic hydroxyl groups is 3. The van der Waals surface area contributed by atoms with Gasteiger partial charge in [0.05, 0.1) is 0 Å². The molecule has 3 aromatic rings. The van der Waals surface area contributed by atoms with Crippen LogP contribution >= 0.6 is 0 Å². The molecule has 0 bridgehead atoms. The van der Waals surface area contributed by atoms with Gasteiger partial charge >= 0.3 is 5.97 Å². The van der Waals surface area contributed by atoms with Gasteiger partial charge in [-0.15, -0.1) is 0 Å². The number of rotatable bonds is 5. The van der Waals surface area contributed by atoms with Crippen LogP contribution in [-0.4, -0.2) is 83.6 Å². The average molecular weight is 492 g/mol. The topological polar surface area (TPSA) is 228 Å². The molecule has 5 unspecified atom stereocenters. The maximum atomic E-state index is 12.6. The molecule has 13 heteroatoms. The van der Waals surface area contributed by atoms with Crippen molar-refractivity contribution in [2.24, 2.45) is 0 Å². The monoisotopic (exact) mass is 492 g/mol. The second-order valence-electron chi connectivity index (χ2n) is 7.84. The van der Waals surface area contributed by atoms with E-state index in [1.165, 1.54) is 24.3 Å². The van der Waals surface area contributed by atoms with Gasteiger partial charge in [-0.2, -0.15) is 0 Å². The maximum Gasteiger partial charge on any atom is 0.335 e. The van der Waals surface area contributed by atoms with Gasteiger partial charge in [-0.05, 0) is 24.3 Å². The molecule has 0 saturated carbocycles. The first-order valence-corrected chi connectivity index (χ1v) is 10.1. The molecule has 0 aliphatic carbocycles. The van der Waals surface area contributed by atoms with Crippen LogP contribution in [0.15, 0.2) is 45.6 Å². The van der Waals surface area contributed by atoms with Gasteiger partial charge in [0.2, 0.25) is 5.75 Å². The molecule has 1 saturated heterocycles. The van der Waals surface area contributed by atoms with Crippen LogP contribution in [0.1, 0.15) is 0 Å². The Morgan fingerprint density at radius 2 is 1.66 bits per heavy atom. The summed E-state index contributed by atoms with van der Waals surface area (Å²) in [6.07, 6.45) is -8.59. The summed E-state index contributed by atoms with van der Waals surface area (Å²) in [4.78, 5) is 24.1. The highest BCUT2D eigenvalue weighted by Crippen LogP contribution is 2.44. The third kappa shape index (κ3) is 4.00. The molecule has 0 spiro atoms. The number of carbonyl (C=O) groups is 1. The van der Waals surface area contributed by atoms with E-state index in [2.05, 4.69) is 0 Å². The summed E-state index contributed by atoms with van der Waals surface area (Å²) in [5, 5.41) is 79.4. The van der Waals surface area contributed by atoms with Gasteiger partial charge < -0.3 is 54.7 Å². The number of carboxylic acids is 1. The Morgan fingerprint density at radius 3 is 2.26 bits per heavy atom. The number of ether oxygens (including phenoxy) is 2. The molecule has 0 radical (unpaired) electrons. The Morgan fingerprint density at radius 1 is 1.00 bits per heavy atom. The highest BCUT2D eigenvalue weighted by Gasteiger charge is 2.57. The number of aliphatic hydroxyl groups is 4. The number of fused-ring (bicyclic) bond motifs is 1. The number of aliphatic carboxylic acids is 1. The van der Waals surface area contributed by atoms with E-state index in [4.69, 9.17) is 13.9 Å². The summed E-state index contributed by atoms with van der Waals surface area (Å²) < 4.78 is 16.1. The molecule has 4 rings (SSSR count). The number of carboxylic acid groups (broad SMARTS) is 1. The third-order valence-corrected chi connectivity index (χ3v) is 5.59. The van der Waals surface area contributed by atoms with Gasteiger partial charge in [0.1, 0.15) is 41.3 Å². The zero-order chi connectivity index (χ0) is 25.7. The Bertz CT molecular complexity index is 1330. The highest BCUT2D eigenvalue weighted by molar-refractivity contribution is 5.89. The largest absolute Gasteiger partial charge is 0.508 e. The molecule has 2 heterocycles. The minimum Gasteiger partial charge on any atom is -0.508 e. The number of hydrogen-bond acceptors (Lipinski definition) is 12. The molecule has 0 amide bonds. The Kier molecular flexibility index (Phi) is 6.04. The quantitative estimate of drug-likeness (QED) is 0.205. The van der Waals surface area contributed by atoms with Crippen LogP contribution in [0.25, 0.3) is 22.3 Å². The molecule has 5 atom stereocenters. The zero-order valence-electron chi connectivity index (χ0n) is 17.6. The fourth-order valence-corrected chi connectivity index (χ4v) is 3.73. The van der Waals surface area contributed by atoms with Crippen LogP contribution < -0.4 is 10.2 Å². The fraction of sp³-hybridized carbons (Fsp3) is 0.273. The van der Waals surface area contributed by atoms with E-state index in [0.717, 1.165) is 12.1 Å². The first kappa shape index (κ1) is 24.3. The standard InChI is InChI=1S/C22H20O13/c23-7-22(20(30)18(29)17(28)19(35-22)21(31)32)34-13-6-12-14(16(27)15(13)26)10(25)5-11(33-12)8-1-3-9(24)4-2-8/h1-6,17-20,23-24,26-30H,7H2,(H,31,32). The third-order valence-electron chi connectivity index (χ3n) is 5.59. The summed E-state index contributed by atoms with van der Waals surface area (Å²) in [6.45, 7) is -1.27. The molecular weight excluding hydrogens is 472 g/mol. The van der Waals surface area contributed by atoms with E-state index in [9.17, 15) is 50.4 Å². The summed E-state index contributed by atoms with van der Waals surface area (Å²) in [5.41, 5.74) is -0.709. The molecule has 2 aromatic carbocycles. The number of aliphatic hydroxyl groups excluding tert-OH is 4. The molecule has 1 aliphatic rings. The van der Waals surface area contributed by atoms with Crippen LogP contribution in [0, 0.1) is 0 Å². The molecule has 1 aliphatic heterocycles. The summed E-state index contributed by atoms with van der Waals surface area (Å²) in [6, 6.07) is 7.52. The van der Waals surface area contributed by atoms with Crippen molar-refractivity contribution in [3.05, 3.63) is 46.6 Å². The molecule has 186 valence electrons. The van der Waals surface area contributed by atoms with E-state index < -0.39 is 70.8 Å². The van der Waals surface area contributed by atoms with E-state index >= 15 is 0 Å². The van der Waals surface area contributed by atoms with Crippen molar-refractivity contribution in [3.8, 4) is 34.3 Å². The lowest BCUT2D eigenvalue weighted by atomic mass is 9.92. The number of hydrogen-bond donors (Lipinski definition) is 8. The van der Waals surface area contributed by atoms with Gasteiger partial charge in [-0.3, -0.25) is 4.79 Å². The van der Waals surface area contributed by atoms with Crippen LogP contribution in [0.3, 0.4) is 0 Å². The Hall–Kier alpha value is -3.88. The summed E-state index contributed by atoms with van der Waals surface area (Å²) >= 11 is 0. The minimum absolute atomic E-state index is 0.00819. The second kappa shape index (κ2) is 8.72. The SMILES string of the molecule is O=C(O)C1OC(CO)(Oc2cc3oc(-c4ccc(O)cc4)cc(=O)c3c(O)c2O)C(O)C(O)C1O. The summed E-state index contributed by atoms with van der Waals surface area (Å²) in [7, 11) is 0. The summed E-state index contributed by atoms with van der Waals surface area (Å²) in [5.74, 6) is -7.25. The molecular formula is C22H20O13. The first-order chi connectivity index (χ1) is 16.5. The Balaban J connectivity index is 1.84. The van der Waals surface area contributed by atoms with Crippen molar-refractivity contribution in [1.82, 2.24) is 0 Å². The number of phenolic OH excluding ortho intramolecular Hbond substituents is 3. The highest BCUT2D eigenvalue weighted by atomic mass is 16.7. The first-order valence-electron chi connectivity index (χ1n) is 10.1. The van der Waals surface area contributed by atoms with Gasteiger partial charge in [0.25, 0.3) is 5.79 Å². The van der Waals surface area contributed by atoms with E-state index in [1.54, 1.807) is 0 Å². The lowest BCUT2D eigenvalue weighted by molar-refractivity contribution is -0.338. The minimum atomic E-state index is -2.71. The lowest BCUT2D eigenvalue weighted by Crippen LogP contribution is -2.69. The molecule has 8 N–H and O–H groups in total. The predicted molar refractivity (Wildman–Crippen MR) is 114 cm³/mol.